The van der Waals surface area contributed by atoms with Gasteiger partial charge in [-0.3, -0.25) is 9.59 Å². The molecule has 2 heterocycles. The SMILES string of the molecule is CN1CCN(c2ccccc2OCCCCC(=O)N2CCC(C(=O)c3ccc(F)cc3)CC2)CC1. The average Bonchev–Trinajstić information content (AvgIpc) is 2.89. The third kappa shape index (κ3) is 6.82. The Kier molecular flexibility index (Phi) is 8.74. The zero-order valence-corrected chi connectivity index (χ0v) is 20.6. The van der Waals surface area contributed by atoms with E-state index >= 15 is 0 Å². The van der Waals surface area contributed by atoms with Gasteiger partial charge in [-0.2, -0.15) is 0 Å². The zero-order chi connectivity index (χ0) is 24.6. The van der Waals surface area contributed by atoms with E-state index in [0.717, 1.165) is 50.5 Å². The van der Waals surface area contributed by atoms with Crippen molar-refractivity contribution in [3.63, 3.8) is 0 Å². The lowest BCUT2D eigenvalue weighted by Gasteiger charge is -2.34. The number of rotatable bonds is 9. The number of hydrogen-bond donors (Lipinski definition) is 0. The molecular formula is C28H36FN3O3. The van der Waals surface area contributed by atoms with E-state index in [2.05, 4.69) is 29.0 Å². The molecule has 2 aromatic carbocycles. The summed E-state index contributed by atoms with van der Waals surface area (Å²) in [4.78, 5) is 31.9. The first-order valence-corrected chi connectivity index (χ1v) is 12.7. The van der Waals surface area contributed by atoms with Crippen LogP contribution in [0.5, 0.6) is 5.75 Å². The highest BCUT2D eigenvalue weighted by Gasteiger charge is 2.27. The van der Waals surface area contributed by atoms with Crippen molar-refractivity contribution in [1.82, 2.24) is 9.80 Å². The molecule has 188 valence electrons. The number of benzene rings is 2. The van der Waals surface area contributed by atoms with Crippen LogP contribution in [0.4, 0.5) is 10.1 Å². The molecule has 2 aliphatic rings. The van der Waals surface area contributed by atoms with Gasteiger partial charge in [0.1, 0.15) is 11.6 Å². The number of anilines is 1. The standard InChI is InChI=1S/C28H36FN3O3/c1-30-17-19-31(20-18-30)25-6-2-3-7-26(25)35-21-5-4-8-27(33)32-15-13-23(14-16-32)28(34)22-9-11-24(29)12-10-22/h2-3,6-7,9-12,23H,4-5,8,13-21H2,1H3. The predicted molar refractivity (Wildman–Crippen MR) is 136 cm³/mol. The van der Waals surface area contributed by atoms with Crippen molar-refractivity contribution < 1.29 is 18.7 Å². The highest BCUT2D eigenvalue weighted by Crippen LogP contribution is 2.29. The van der Waals surface area contributed by atoms with Crippen LogP contribution in [0.2, 0.25) is 0 Å². The minimum atomic E-state index is -0.341. The number of piperidine rings is 1. The Hall–Kier alpha value is -2.93. The van der Waals surface area contributed by atoms with Gasteiger partial charge in [0.15, 0.2) is 5.78 Å². The molecule has 0 bridgehead atoms. The molecule has 1 amide bonds. The van der Waals surface area contributed by atoms with Gasteiger partial charge in [0.2, 0.25) is 5.91 Å². The highest BCUT2D eigenvalue weighted by atomic mass is 19.1. The lowest BCUT2D eigenvalue weighted by Crippen LogP contribution is -2.44. The summed E-state index contributed by atoms with van der Waals surface area (Å²) >= 11 is 0. The molecule has 0 spiro atoms. The number of likely N-dealkylation sites (tertiary alicyclic amines) is 1. The Morgan fingerprint density at radius 2 is 1.60 bits per heavy atom. The number of para-hydroxylation sites is 2. The molecule has 2 fully saturated rings. The van der Waals surface area contributed by atoms with Crippen molar-refractivity contribution in [1.29, 1.82) is 0 Å². The first-order chi connectivity index (χ1) is 17.0. The van der Waals surface area contributed by atoms with E-state index in [1.54, 1.807) is 12.1 Å². The smallest absolute Gasteiger partial charge is 0.222 e. The van der Waals surface area contributed by atoms with E-state index in [9.17, 15) is 14.0 Å². The van der Waals surface area contributed by atoms with E-state index < -0.39 is 0 Å². The van der Waals surface area contributed by atoms with E-state index in [1.807, 2.05) is 17.0 Å². The topological polar surface area (TPSA) is 53.1 Å². The van der Waals surface area contributed by atoms with Crippen LogP contribution >= 0.6 is 0 Å². The number of carbonyl (C=O) groups excluding carboxylic acids is 2. The molecule has 0 saturated carbocycles. The van der Waals surface area contributed by atoms with Gasteiger partial charge >= 0.3 is 0 Å². The van der Waals surface area contributed by atoms with Gasteiger partial charge in [-0.1, -0.05) is 12.1 Å². The number of halogens is 1. The highest BCUT2D eigenvalue weighted by molar-refractivity contribution is 5.98. The van der Waals surface area contributed by atoms with E-state index in [-0.39, 0.29) is 23.4 Å². The van der Waals surface area contributed by atoms with Crippen LogP contribution in [0.3, 0.4) is 0 Å². The maximum absolute atomic E-state index is 13.1. The van der Waals surface area contributed by atoms with Crippen molar-refractivity contribution in [3.05, 3.63) is 59.9 Å². The number of likely N-dealkylation sites (N-methyl/N-ethyl adjacent to an activating group) is 1. The number of ether oxygens (including phenoxy) is 1. The quantitative estimate of drug-likeness (QED) is 0.396. The molecule has 7 heteroatoms. The molecule has 0 N–H and O–H groups in total. The molecule has 6 nitrogen and oxygen atoms in total. The number of carbonyl (C=O) groups is 2. The molecule has 0 aliphatic carbocycles. The van der Waals surface area contributed by atoms with Gasteiger partial charge in [-0.15, -0.1) is 0 Å². The molecule has 2 saturated heterocycles. The van der Waals surface area contributed by atoms with Crippen LogP contribution in [0.1, 0.15) is 42.5 Å². The Morgan fingerprint density at radius 3 is 2.31 bits per heavy atom. The molecule has 35 heavy (non-hydrogen) atoms. The summed E-state index contributed by atoms with van der Waals surface area (Å²) in [5.74, 6) is 0.669. The fourth-order valence-corrected chi connectivity index (χ4v) is 4.85. The number of Topliss-reactive ketones (excluding diaryl/α,β-unsaturated/α-hetero) is 1. The summed E-state index contributed by atoms with van der Waals surface area (Å²) in [6.07, 6.45) is 3.43. The van der Waals surface area contributed by atoms with Gasteiger partial charge in [-0.05, 0) is 69.1 Å². The van der Waals surface area contributed by atoms with Gasteiger partial charge in [0.25, 0.3) is 0 Å². The minimum absolute atomic E-state index is 0.0473. The molecule has 0 unspecified atom stereocenters. The first kappa shape index (κ1) is 25.2. The van der Waals surface area contributed by atoms with Crippen LogP contribution < -0.4 is 9.64 Å². The van der Waals surface area contributed by atoms with Gasteiger partial charge in [0.05, 0.1) is 12.3 Å². The fourth-order valence-electron chi connectivity index (χ4n) is 4.85. The number of amides is 1. The second kappa shape index (κ2) is 12.2. The third-order valence-electron chi connectivity index (χ3n) is 7.10. The lowest BCUT2D eigenvalue weighted by molar-refractivity contribution is -0.132. The Bertz CT molecular complexity index is 981. The van der Waals surface area contributed by atoms with Gasteiger partial charge in [-0.25, -0.2) is 4.39 Å². The number of nitrogens with zero attached hydrogens (tertiary/aromatic N) is 3. The molecule has 0 atom stereocenters. The Balaban J connectivity index is 1.15. The third-order valence-corrected chi connectivity index (χ3v) is 7.10. The summed E-state index contributed by atoms with van der Waals surface area (Å²) in [6.45, 7) is 5.89. The summed E-state index contributed by atoms with van der Waals surface area (Å²) < 4.78 is 19.2. The summed E-state index contributed by atoms with van der Waals surface area (Å²) in [5.41, 5.74) is 1.69. The monoisotopic (exact) mass is 481 g/mol. The van der Waals surface area contributed by atoms with Crippen molar-refractivity contribution >= 4 is 17.4 Å². The molecule has 2 aliphatic heterocycles. The molecule has 0 aromatic heterocycles. The van der Waals surface area contributed by atoms with Crippen molar-refractivity contribution in [2.75, 3.05) is 57.8 Å². The normalized spacial score (nSPS) is 17.4. The lowest BCUT2D eigenvalue weighted by atomic mass is 9.88. The van der Waals surface area contributed by atoms with Crippen LogP contribution in [0.15, 0.2) is 48.5 Å². The summed E-state index contributed by atoms with van der Waals surface area (Å²) in [7, 11) is 2.15. The number of piperazine rings is 1. The van der Waals surface area contributed by atoms with Crippen LogP contribution in [-0.4, -0.2) is 74.4 Å². The van der Waals surface area contributed by atoms with Crippen molar-refractivity contribution in [2.45, 2.75) is 32.1 Å². The Morgan fingerprint density at radius 1 is 0.914 bits per heavy atom. The molecular weight excluding hydrogens is 445 g/mol. The number of ketones is 1. The number of unbranched alkanes of at least 4 members (excludes halogenated alkanes) is 1. The second-order valence-corrected chi connectivity index (χ2v) is 9.59. The van der Waals surface area contributed by atoms with Crippen molar-refractivity contribution in [3.8, 4) is 5.75 Å². The van der Waals surface area contributed by atoms with E-state index in [4.69, 9.17) is 4.74 Å². The second-order valence-electron chi connectivity index (χ2n) is 9.59. The van der Waals surface area contributed by atoms with E-state index in [1.165, 1.54) is 12.1 Å². The Labute approximate surface area is 207 Å². The largest absolute Gasteiger partial charge is 0.491 e. The van der Waals surface area contributed by atoms with Crippen LogP contribution in [0.25, 0.3) is 0 Å². The maximum atomic E-state index is 13.1. The van der Waals surface area contributed by atoms with Gasteiger partial charge in [0, 0.05) is 57.2 Å². The van der Waals surface area contributed by atoms with E-state index in [0.29, 0.717) is 44.5 Å². The van der Waals surface area contributed by atoms with Crippen LogP contribution in [-0.2, 0) is 4.79 Å². The predicted octanol–water partition coefficient (Wildman–Crippen LogP) is 4.25. The molecule has 4 rings (SSSR count). The fraction of sp³-hybridized carbons (Fsp3) is 0.500. The molecule has 0 radical (unpaired) electrons. The zero-order valence-electron chi connectivity index (χ0n) is 20.6. The average molecular weight is 482 g/mol. The van der Waals surface area contributed by atoms with Crippen molar-refractivity contribution in [2.24, 2.45) is 5.92 Å². The minimum Gasteiger partial charge on any atom is -0.491 e. The summed E-state index contributed by atoms with van der Waals surface area (Å²) in [6, 6.07) is 13.9. The molecule has 2 aromatic rings. The first-order valence-electron chi connectivity index (χ1n) is 12.7. The maximum Gasteiger partial charge on any atom is 0.222 e. The van der Waals surface area contributed by atoms with Gasteiger partial charge < -0.3 is 19.4 Å². The number of hydrogen-bond acceptors (Lipinski definition) is 5. The summed E-state index contributed by atoms with van der Waals surface area (Å²) in [5, 5.41) is 0. The van der Waals surface area contributed by atoms with Crippen LogP contribution in [0, 0.1) is 11.7 Å².